The first kappa shape index (κ1) is 13.1. The molecule has 1 fully saturated rings. The average Bonchev–Trinajstić information content (AvgIpc) is 2.41. The number of hydrogen-bond acceptors (Lipinski definition) is 2. The van der Waals surface area contributed by atoms with Crippen LogP contribution in [0.3, 0.4) is 0 Å². The van der Waals surface area contributed by atoms with Crippen molar-refractivity contribution in [1.82, 2.24) is 4.90 Å². The fourth-order valence-electron chi connectivity index (χ4n) is 2.07. The number of nitrogens with zero attached hydrogens (tertiary/aromatic N) is 1. The summed E-state index contributed by atoms with van der Waals surface area (Å²) >= 11 is 5.67. The maximum Gasteiger partial charge on any atom is 0.241 e. The first-order valence-corrected chi connectivity index (χ1v) is 6.52. The minimum atomic E-state index is -0.509. The van der Waals surface area contributed by atoms with Gasteiger partial charge in [-0.1, -0.05) is 17.7 Å². The first-order chi connectivity index (χ1) is 8.68. The van der Waals surface area contributed by atoms with Crippen LogP contribution in [0.2, 0.25) is 5.02 Å². The Kier molecular flexibility index (Phi) is 4.42. The SMILES string of the molecule is O=C(CNc1cccc(Cl)c1F)N1CCCCC1. The zero-order valence-electron chi connectivity index (χ0n) is 10.1. The molecule has 3 nitrogen and oxygen atoms in total. The molecule has 0 unspecified atom stereocenters. The average molecular weight is 271 g/mol. The molecular formula is C13H16ClFN2O. The Bertz CT molecular complexity index is 433. The maximum absolute atomic E-state index is 13.6. The van der Waals surface area contributed by atoms with Crippen molar-refractivity contribution in [2.45, 2.75) is 19.3 Å². The standard InChI is InChI=1S/C13H16ClFN2O/c14-10-5-4-6-11(13(10)15)16-9-12(18)17-7-2-1-3-8-17/h4-6,16H,1-3,7-9H2. The van der Waals surface area contributed by atoms with Gasteiger partial charge < -0.3 is 10.2 Å². The largest absolute Gasteiger partial charge is 0.374 e. The molecule has 0 saturated carbocycles. The Hall–Kier alpha value is -1.29. The number of likely N-dealkylation sites (tertiary alicyclic amines) is 1. The van der Waals surface area contributed by atoms with Crippen LogP contribution in [0, 0.1) is 5.82 Å². The molecule has 1 aromatic rings. The van der Waals surface area contributed by atoms with E-state index < -0.39 is 5.82 Å². The monoisotopic (exact) mass is 270 g/mol. The van der Waals surface area contributed by atoms with E-state index in [0.29, 0.717) is 0 Å². The molecule has 2 rings (SSSR count). The quantitative estimate of drug-likeness (QED) is 0.916. The highest BCUT2D eigenvalue weighted by atomic mass is 35.5. The van der Waals surface area contributed by atoms with Crippen LogP contribution in [0.15, 0.2) is 18.2 Å². The predicted molar refractivity (Wildman–Crippen MR) is 70.3 cm³/mol. The number of piperidine rings is 1. The Morgan fingerprint density at radius 1 is 1.33 bits per heavy atom. The summed E-state index contributed by atoms with van der Waals surface area (Å²) in [7, 11) is 0. The Labute approximate surface area is 111 Å². The lowest BCUT2D eigenvalue weighted by molar-refractivity contribution is -0.130. The Morgan fingerprint density at radius 2 is 2.06 bits per heavy atom. The summed E-state index contributed by atoms with van der Waals surface area (Å²) in [6.45, 7) is 1.72. The van der Waals surface area contributed by atoms with Gasteiger partial charge in [0.15, 0.2) is 5.82 Å². The molecule has 1 aliphatic rings. The van der Waals surface area contributed by atoms with E-state index in [0.717, 1.165) is 25.9 Å². The van der Waals surface area contributed by atoms with E-state index in [1.54, 1.807) is 12.1 Å². The predicted octanol–water partition coefficient (Wildman–Crippen LogP) is 2.90. The van der Waals surface area contributed by atoms with E-state index in [9.17, 15) is 9.18 Å². The summed E-state index contributed by atoms with van der Waals surface area (Å²) in [6.07, 6.45) is 3.29. The minimum Gasteiger partial charge on any atom is -0.374 e. The summed E-state index contributed by atoms with van der Waals surface area (Å²) in [5, 5.41) is 2.86. The van der Waals surface area contributed by atoms with Gasteiger partial charge in [-0.2, -0.15) is 0 Å². The fourth-order valence-corrected chi connectivity index (χ4v) is 2.24. The number of amides is 1. The van der Waals surface area contributed by atoms with Gasteiger partial charge in [0.05, 0.1) is 17.3 Å². The third kappa shape index (κ3) is 3.13. The summed E-state index contributed by atoms with van der Waals surface area (Å²) in [6, 6.07) is 4.71. The van der Waals surface area contributed by atoms with Gasteiger partial charge in [-0.3, -0.25) is 4.79 Å². The number of anilines is 1. The summed E-state index contributed by atoms with van der Waals surface area (Å²) in [5.74, 6) is -0.500. The number of hydrogen-bond donors (Lipinski definition) is 1. The number of benzene rings is 1. The topological polar surface area (TPSA) is 32.3 Å². The number of rotatable bonds is 3. The molecule has 18 heavy (non-hydrogen) atoms. The zero-order valence-corrected chi connectivity index (χ0v) is 10.8. The molecule has 0 atom stereocenters. The number of nitrogens with one attached hydrogen (secondary N) is 1. The lowest BCUT2D eigenvalue weighted by atomic mass is 10.1. The van der Waals surface area contributed by atoms with E-state index in [2.05, 4.69) is 5.32 Å². The molecule has 1 N–H and O–H groups in total. The molecule has 98 valence electrons. The molecule has 1 heterocycles. The second-order valence-electron chi connectivity index (χ2n) is 4.40. The van der Waals surface area contributed by atoms with Crippen LogP contribution >= 0.6 is 11.6 Å². The Balaban J connectivity index is 1.90. The van der Waals surface area contributed by atoms with Crippen molar-refractivity contribution in [3.63, 3.8) is 0 Å². The summed E-state index contributed by atoms with van der Waals surface area (Å²) < 4.78 is 13.6. The normalized spacial score (nSPS) is 15.6. The molecular weight excluding hydrogens is 255 g/mol. The second-order valence-corrected chi connectivity index (χ2v) is 4.80. The second kappa shape index (κ2) is 6.05. The lowest BCUT2D eigenvalue weighted by Crippen LogP contribution is -2.39. The molecule has 1 saturated heterocycles. The first-order valence-electron chi connectivity index (χ1n) is 6.14. The van der Waals surface area contributed by atoms with E-state index >= 15 is 0 Å². The van der Waals surface area contributed by atoms with E-state index in [-0.39, 0.29) is 23.2 Å². The minimum absolute atomic E-state index is 0.00840. The van der Waals surface area contributed by atoms with Gasteiger partial charge in [-0.05, 0) is 31.4 Å². The van der Waals surface area contributed by atoms with Crippen molar-refractivity contribution >= 4 is 23.2 Å². The van der Waals surface area contributed by atoms with E-state index in [1.165, 1.54) is 12.5 Å². The molecule has 1 aromatic carbocycles. The van der Waals surface area contributed by atoms with Crippen LogP contribution in [0.25, 0.3) is 0 Å². The van der Waals surface area contributed by atoms with Gasteiger partial charge in [-0.15, -0.1) is 0 Å². The van der Waals surface area contributed by atoms with Crippen LogP contribution in [-0.2, 0) is 4.79 Å². The van der Waals surface area contributed by atoms with Crippen molar-refractivity contribution in [3.8, 4) is 0 Å². The van der Waals surface area contributed by atoms with Crippen LogP contribution in [0.1, 0.15) is 19.3 Å². The molecule has 1 amide bonds. The molecule has 0 bridgehead atoms. The molecule has 0 radical (unpaired) electrons. The maximum atomic E-state index is 13.6. The molecule has 0 spiro atoms. The van der Waals surface area contributed by atoms with Crippen LogP contribution in [0.5, 0.6) is 0 Å². The van der Waals surface area contributed by atoms with Gasteiger partial charge in [0.1, 0.15) is 0 Å². The third-order valence-corrected chi connectivity index (χ3v) is 3.38. The highest BCUT2D eigenvalue weighted by molar-refractivity contribution is 6.31. The third-order valence-electron chi connectivity index (χ3n) is 3.09. The van der Waals surface area contributed by atoms with Gasteiger partial charge in [0.25, 0.3) is 0 Å². The van der Waals surface area contributed by atoms with Crippen molar-refractivity contribution in [2.24, 2.45) is 0 Å². The van der Waals surface area contributed by atoms with Gasteiger partial charge >= 0.3 is 0 Å². The summed E-state index contributed by atoms with van der Waals surface area (Å²) in [4.78, 5) is 13.7. The fraction of sp³-hybridized carbons (Fsp3) is 0.462. The number of halogens is 2. The number of carbonyl (C=O) groups excluding carboxylic acids is 1. The lowest BCUT2D eigenvalue weighted by Gasteiger charge is -2.26. The zero-order chi connectivity index (χ0) is 13.0. The van der Waals surface area contributed by atoms with Gasteiger partial charge in [-0.25, -0.2) is 4.39 Å². The molecule has 0 aliphatic carbocycles. The highest BCUT2D eigenvalue weighted by Gasteiger charge is 2.16. The molecule has 5 heteroatoms. The van der Waals surface area contributed by atoms with Gasteiger partial charge in [0, 0.05) is 13.1 Å². The van der Waals surface area contributed by atoms with E-state index in [4.69, 9.17) is 11.6 Å². The van der Waals surface area contributed by atoms with Crippen LogP contribution in [-0.4, -0.2) is 30.4 Å². The van der Waals surface area contributed by atoms with Crippen molar-refractivity contribution in [3.05, 3.63) is 29.0 Å². The summed E-state index contributed by atoms with van der Waals surface area (Å²) in [5.41, 5.74) is 0.271. The van der Waals surface area contributed by atoms with Crippen molar-refractivity contribution in [1.29, 1.82) is 0 Å². The smallest absolute Gasteiger partial charge is 0.241 e. The van der Waals surface area contributed by atoms with Crippen molar-refractivity contribution in [2.75, 3.05) is 25.0 Å². The van der Waals surface area contributed by atoms with Gasteiger partial charge in [0.2, 0.25) is 5.91 Å². The molecule has 1 aliphatic heterocycles. The van der Waals surface area contributed by atoms with Crippen LogP contribution in [0.4, 0.5) is 10.1 Å². The highest BCUT2D eigenvalue weighted by Crippen LogP contribution is 2.21. The van der Waals surface area contributed by atoms with E-state index in [1.807, 2.05) is 4.90 Å². The van der Waals surface area contributed by atoms with Crippen LogP contribution < -0.4 is 5.32 Å². The number of carbonyl (C=O) groups is 1. The van der Waals surface area contributed by atoms with Crippen molar-refractivity contribution < 1.29 is 9.18 Å². The molecule has 0 aromatic heterocycles. The Morgan fingerprint density at radius 3 is 2.78 bits per heavy atom.